The summed E-state index contributed by atoms with van der Waals surface area (Å²) >= 11 is 3.33. The number of pyridine rings is 1. The van der Waals surface area contributed by atoms with Gasteiger partial charge in [0.05, 0.1) is 12.1 Å². The highest BCUT2D eigenvalue weighted by Gasteiger charge is 2.23. The Morgan fingerprint density at radius 3 is 2.52 bits per heavy atom. The van der Waals surface area contributed by atoms with Crippen LogP contribution in [0.4, 0.5) is 0 Å². The Hall–Kier alpha value is -1.92. The maximum absolute atomic E-state index is 11.9. The molecule has 0 radical (unpaired) electrons. The van der Waals surface area contributed by atoms with Crippen molar-refractivity contribution in [3.8, 4) is 0 Å². The fourth-order valence-corrected chi connectivity index (χ4v) is 2.08. The number of rotatable bonds is 4. The van der Waals surface area contributed by atoms with Crippen LogP contribution in [-0.2, 0) is 5.60 Å². The number of carbonyl (C=O) groups is 1. The summed E-state index contributed by atoms with van der Waals surface area (Å²) in [5.74, 6) is -0.358. The van der Waals surface area contributed by atoms with E-state index in [1.54, 1.807) is 19.1 Å². The average molecular weight is 351 g/mol. The number of hydrogen-bond acceptors (Lipinski definition) is 3. The Bertz CT molecular complexity index is 672. The molecular formula is C15H15BrN2O3. The summed E-state index contributed by atoms with van der Waals surface area (Å²) in [6, 6.07) is 9.94. The molecule has 3 N–H and O–H groups in total. The Labute approximate surface area is 130 Å². The standard InChI is InChI=1S/C15H15BrN2O3/c1-15(21,11-3-5-12(16)6-4-11)9-18-14(20)10-2-7-13(19)17-8-10/h2-8,21H,9H2,1H3,(H,17,19)(H,18,20). The van der Waals surface area contributed by atoms with Crippen LogP contribution in [0.2, 0.25) is 0 Å². The van der Waals surface area contributed by atoms with Crippen molar-refractivity contribution in [3.63, 3.8) is 0 Å². The van der Waals surface area contributed by atoms with Crippen LogP contribution in [-0.4, -0.2) is 22.5 Å². The summed E-state index contributed by atoms with van der Waals surface area (Å²) in [6.07, 6.45) is 1.34. The number of H-pyrrole nitrogens is 1. The predicted molar refractivity (Wildman–Crippen MR) is 83.1 cm³/mol. The van der Waals surface area contributed by atoms with Crippen LogP contribution >= 0.6 is 15.9 Å². The maximum atomic E-state index is 11.9. The third kappa shape index (κ3) is 4.03. The summed E-state index contributed by atoms with van der Waals surface area (Å²) in [4.78, 5) is 25.3. The lowest BCUT2D eigenvalue weighted by atomic mass is 9.96. The van der Waals surface area contributed by atoms with Crippen LogP contribution in [0.15, 0.2) is 51.9 Å². The van der Waals surface area contributed by atoms with Crippen LogP contribution < -0.4 is 10.9 Å². The van der Waals surface area contributed by atoms with Crippen molar-refractivity contribution in [3.05, 3.63) is 68.5 Å². The van der Waals surface area contributed by atoms with E-state index < -0.39 is 5.60 Å². The highest BCUT2D eigenvalue weighted by atomic mass is 79.9. The molecule has 1 unspecified atom stereocenters. The van der Waals surface area contributed by atoms with E-state index in [4.69, 9.17) is 0 Å². The van der Waals surface area contributed by atoms with Gasteiger partial charge in [0.15, 0.2) is 0 Å². The van der Waals surface area contributed by atoms with Gasteiger partial charge in [0.1, 0.15) is 5.60 Å². The van der Waals surface area contributed by atoms with E-state index >= 15 is 0 Å². The second-order valence-electron chi connectivity index (χ2n) is 4.91. The zero-order valence-corrected chi connectivity index (χ0v) is 13.0. The molecule has 1 heterocycles. The fourth-order valence-electron chi connectivity index (χ4n) is 1.82. The van der Waals surface area contributed by atoms with E-state index in [1.807, 2.05) is 12.1 Å². The molecule has 0 saturated carbocycles. The van der Waals surface area contributed by atoms with Gasteiger partial charge in [0.25, 0.3) is 5.91 Å². The zero-order valence-electron chi connectivity index (χ0n) is 11.4. The largest absolute Gasteiger partial charge is 0.384 e. The number of aliphatic hydroxyl groups is 1. The smallest absolute Gasteiger partial charge is 0.252 e. The molecule has 0 aliphatic carbocycles. The lowest BCUT2D eigenvalue weighted by Crippen LogP contribution is -2.38. The molecule has 6 heteroatoms. The van der Waals surface area contributed by atoms with E-state index in [0.717, 1.165) is 4.47 Å². The van der Waals surface area contributed by atoms with Gasteiger partial charge in [-0.25, -0.2) is 0 Å². The van der Waals surface area contributed by atoms with Crippen molar-refractivity contribution in [2.75, 3.05) is 6.54 Å². The first-order chi connectivity index (χ1) is 9.88. The number of aromatic nitrogens is 1. The molecule has 1 amide bonds. The van der Waals surface area contributed by atoms with Crippen LogP contribution in [0.25, 0.3) is 0 Å². The molecule has 21 heavy (non-hydrogen) atoms. The van der Waals surface area contributed by atoms with Crippen LogP contribution in [0.1, 0.15) is 22.8 Å². The lowest BCUT2D eigenvalue weighted by molar-refractivity contribution is 0.0526. The first-order valence-corrected chi connectivity index (χ1v) is 7.13. The van der Waals surface area contributed by atoms with E-state index in [2.05, 4.69) is 26.2 Å². The number of aromatic amines is 1. The third-order valence-corrected chi connectivity index (χ3v) is 3.63. The second kappa shape index (κ2) is 6.24. The molecule has 0 aliphatic rings. The molecular weight excluding hydrogens is 336 g/mol. The van der Waals surface area contributed by atoms with Gasteiger partial charge in [-0.05, 0) is 30.7 Å². The fraction of sp³-hybridized carbons (Fsp3) is 0.200. The minimum atomic E-state index is -1.18. The summed E-state index contributed by atoms with van der Waals surface area (Å²) in [5.41, 5.74) is -0.416. The molecule has 2 aromatic rings. The van der Waals surface area contributed by atoms with Crippen LogP contribution in [0.3, 0.4) is 0 Å². The number of carbonyl (C=O) groups excluding carboxylic acids is 1. The molecule has 0 spiro atoms. The highest BCUT2D eigenvalue weighted by molar-refractivity contribution is 9.10. The summed E-state index contributed by atoms with van der Waals surface area (Å²) < 4.78 is 0.916. The number of hydrogen-bond donors (Lipinski definition) is 3. The van der Waals surface area contributed by atoms with Gasteiger partial charge in [-0.2, -0.15) is 0 Å². The molecule has 1 aromatic carbocycles. The van der Waals surface area contributed by atoms with Gasteiger partial charge in [-0.15, -0.1) is 0 Å². The number of nitrogens with one attached hydrogen (secondary N) is 2. The quantitative estimate of drug-likeness (QED) is 0.785. The molecule has 110 valence electrons. The van der Waals surface area contributed by atoms with E-state index in [0.29, 0.717) is 11.1 Å². The summed E-state index contributed by atoms with van der Waals surface area (Å²) in [7, 11) is 0. The molecule has 1 atom stereocenters. The van der Waals surface area contributed by atoms with Gasteiger partial charge in [-0.1, -0.05) is 28.1 Å². The first-order valence-electron chi connectivity index (χ1n) is 6.34. The minimum absolute atomic E-state index is 0.0621. The Balaban J connectivity index is 2.04. The highest BCUT2D eigenvalue weighted by Crippen LogP contribution is 2.21. The van der Waals surface area contributed by atoms with Gasteiger partial charge in [-0.3, -0.25) is 9.59 Å². The van der Waals surface area contributed by atoms with Crippen molar-refractivity contribution in [2.24, 2.45) is 0 Å². The molecule has 0 bridgehead atoms. The first kappa shape index (κ1) is 15.5. The van der Waals surface area contributed by atoms with Crippen molar-refractivity contribution in [2.45, 2.75) is 12.5 Å². The Morgan fingerprint density at radius 1 is 1.29 bits per heavy atom. The maximum Gasteiger partial charge on any atom is 0.252 e. The molecule has 5 nitrogen and oxygen atoms in total. The van der Waals surface area contributed by atoms with Gasteiger partial charge in [0, 0.05) is 16.7 Å². The molecule has 1 aromatic heterocycles. The van der Waals surface area contributed by atoms with Gasteiger partial charge in [0.2, 0.25) is 5.56 Å². The van der Waals surface area contributed by atoms with Crippen LogP contribution in [0, 0.1) is 0 Å². The van der Waals surface area contributed by atoms with E-state index in [9.17, 15) is 14.7 Å². The topological polar surface area (TPSA) is 82.2 Å². The second-order valence-corrected chi connectivity index (χ2v) is 5.82. The van der Waals surface area contributed by atoms with E-state index in [-0.39, 0.29) is 18.0 Å². The molecule has 2 rings (SSSR count). The SMILES string of the molecule is CC(O)(CNC(=O)c1ccc(=O)[nH]c1)c1ccc(Br)cc1. The van der Waals surface area contributed by atoms with E-state index in [1.165, 1.54) is 18.3 Å². The van der Waals surface area contributed by atoms with Crippen LogP contribution in [0.5, 0.6) is 0 Å². The van der Waals surface area contributed by atoms with Crippen molar-refractivity contribution in [1.29, 1.82) is 0 Å². The molecule has 0 fully saturated rings. The molecule has 0 saturated heterocycles. The van der Waals surface area contributed by atoms with Crippen molar-refractivity contribution in [1.82, 2.24) is 10.3 Å². The Kier molecular flexibility index (Phi) is 4.59. The monoisotopic (exact) mass is 350 g/mol. The minimum Gasteiger partial charge on any atom is -0.384 e. The Morgan fingerprint density at radius 2 is 1.95 bits per heavy atom. The van der Waals surface area contributed by atoms with Gasteiger partial charge >= 0.3 is 0 Å². The van der Waals surface area contributed by atoms with Crippen molar-refractivity contribution < 1.29 is 9.90 Å². The van der Waals surface area contributed by atoms with Crippen molar-refractivity contribution >= 4 is 21.8 Å². The number of amides is 1. The average Bonchev–Trinajstić information content (AvgIpc) is 2.46. The number of benzene rings is 1. The number of halogens is 1. The molecule has 0 aliphatic heterocycles. The normalized spacial score (nSPS) is 13.5. The predicted octanol–water partition coefficient (Wildman–Crippen LogP) is 1.77. The zero-order chi connectivity index (χ0) is 15.5. The summed E-state index contributed by atoms with van der Waals surface area (Å²) in [6.45, 7) is 1.69. The lowest BCUT2D eigenvalue weighted by Gasteiger charge is -2.24. The summed E-state index contributed by atoms with van der Waals surface area (Å²) in [5, 5.41) is 13.1. The third-order valence-electron chi connectivity index (χ3n) is 3.11. The van der Waals surface area contributed by atoms with Gasteiger partial charge < -0.3 is 15.4 Å².